The molecule has 5 heteroatoms. The number of rotatable bonds is 4. The van der Waals surface area contributed by atoms with Crippen molar-refractivity contribution in [2.75, 3.05) is 13.2 Å². The van der Waals surface area contributed by atoms with Gasteiger partial charge in [-0.1, -0.05) is 32.9 Å². The van der Waals surface area contributed by atoms with E-state index in [0.29, 0.717) is 11.7 Å². The summed E-state index contributed by atoms with van der Waals surface area (Å²) in [5.41, 5.74) is 2.09. The molecule has 0 saturated carbocycles. The molecule has 1 N–H and O–H groups in total. The Kier molecular flexibility index (Phi) is 5.23. The Balaban J connectivity index is 1.68. The molecular formula is C20H26N2O3. The van der Waals surface area contributed by atoms with Crippen molar-refractivity contribution in [1.82, 2.24) is 9.97 Å². The minimum atomic E-state index is -0.127. The van der Waals surface area contributed by atoms with Gasteiger partial charge in [-0.05, 0) is 36.0 Å². The summed E-state index contributed by atoms with van der Waals surface area (Å²) in [6, 6.07) is 9.66. The molecule has 134 valence electrons. The van der Waals surface area contributed by atoms with Crippen LogP contribution in [-0.2, 0) is 16.8 Å². The Bertz CT molecular complexity index is 754. The van der Waals surface area contributed by atoms with Gasteiger partial charge in [0, 0.05) is 25.2 Å². The lowest BCUT2D eigenvalue weighted by Crippen LogP contribution is -2.20. The fourth-order valence-electron chi connectivity index (χ4n) is 3.00. The first-order chi connectivity index (χ1) is 11.9. The average Bonchev–Trinajstić information content (AvgIpc) is 2.60. The normalized spacial score (nSPS) is 16.0. The predicted octanol–water partition coefficient (Wildman–Crippen LogP) is 3.54. The van der Waals surface area contributed by atoms with Crippen LogP contribution < -0.4 is 10.3 Å². The first-order valence-electron chi connectivity index (χ1n) is 8.83. The molecule has 1 fully saturated rings. The molecule has 25 heavy (non-hydrogen) atoms. The minimum absolute atomic E-state index is 0.114. The van der Waals surface area contributed by atoms with E-state index >= 15 is 0 Å². The fourth-order valence-corrected chi connectivity index (χ4v) is 3.00. The van der Waals surface area contributed by atoms with Gasteiger partial charge >= 0.3 is 0 Å². The molecule has 1 aliphatic heterocycles. The maximum atomic E-state index is 11.9. The second-order valence-electron chi connectivity index (χ2n) is 7.57. The quantitative estimate of drug-likeness (QED) is 0.923. The maximum Gasteiger partial charge on any atom is 0.251 e. The van der Waals surface area contributed by atoms with Gasteiger partial charge < -0.3 is 14.5 Å². The van der Waals surface area contributed by atoms with Crippen LogP contribution in [0, 0.1) is 0 Å². The highest BCUT2D eigenvalue weighted by Crippen LogP contribution is 2.25. The molecule has 0 aliphatic carbocycles. The summed E-state index contributed by atoms with van der Waals surface area (Å²) < 4.78 is 11.2. The van der Waals surface area contributed by atoms with Gasteiger partial charge in [-0.2, -0.15) is 0 Å². The maximum absolute atomic E-state index is 11.9. The third-order valence-corrected chi connectivity index (χ3v) is 4.55. The molecule has 1 saturated heterocycles. The number of H-pyrrole nitrogens is 1. The van der Waals surface area contributed by atoms with Crippen molar-refractivity contribution >= 4 is 0 Å². The Morgan fingerprint density at radius 1 is 1.20 bits per heavy atom. The first kappa shape index (κ1) is 17.7. The number of nitrogens with zero attached hydrogens (tertiary/aromatic N) is 1. The largest absolute Gasteiger partial charge is 0.486 e. The predicted molar refractivity (Wildman–Crippen MR) is 97.1 cm³/mol. The van der Waals surface area contributed by atoms with Crippen molar-refractivity contribution in [1.29, 1.82) is 0 Å². The van der Waals surface area contributed by atoms with Crippen LogP contribution in [0.4, 0.5) is 0 Å². The van der Waals surface area contributed by atoms with Crippen LogP contribution in [0.5, 0.6) is 5.75 Å². The Hall–Kier alpha value is -2.14. The molecule has 0 amide bonds. The topological polar surface area (TPSA) is 64.2 Å². The zero-order valence-electron chi connectivity index (χ0n) is 15.2. The molecule has 1 aromatic carbocycles. The number of hydrogen-bond donors (Lipinski definition) is 1. The van der Waals surface area contributed by atoms with Gasteiger partial charge in [0.05, 0.1) is 5.69 Å². The van der Waals surface area contributed by atoms with Crippen LogP contribution in [0.25, 0.3) is 0 Å². The number of nitrogens with one attached hydrogen (secondary N) is 1. The van der Waals surface area contributed by atoms with Crippen LogP contribution in [0.3, 0.4) is 0 Å². The molecule has 3 rings (SSSR count). The average molecular weight is 342 g/mol. The zero-order chi connectivity index (χ0) is 17.9. The van der Waals surface area contributed by atoms with Gasteiger partial charge in [0.25, 0.3) is 5.56 Å². The van der Waals surface area contributed by atoms with E-state index in [1.54, 1.807) is 6.07 Å². The highest BCUT2D eigenvalue weighted by Gasteiger charge is 2.18. The van der Waals surface area contributed by atoms with Crippen molar-refractivity contribution in [2.45, 2.75) is 51.6 Å². The molecule has 2 heterocycles. The summed E-state index contributed by atoms with van der Waals surface area (Å²) in [6.45, 7) is 8.25. The first-order valence-corrected chi connectivity index (χ1v) is 8.83. The van der Waals surface area contributed by atoms with Gasteiger partial charge in [-0.25, -0.2) is 4.98 Å². The van der Waals surface area contributed by atoms with Gasteiger partial charge in [-0.3, -0.25) is 4.79 Å². The van der Waals surface area contributed by atoms with Crippen molar-refractivity contribution in [3.63, 3.8) is 0 Å². The van der Waals surface area contributed by atoms with E-state index < -0.39 is 0 Å². The summed E-state index contributed by atoms with van der Waals surface area (Å²) in [5.74, 6) is 1.63. The number of benzene rings is 1. The van der Waals surface area contributed by atoms with E-state index in [1.807, 2.05) is 12.1 Å². The summed E-state index contributed by atoms with van der Waals surface area (Å²) in [5, 5.41) is 0. The second kappa shape index (κ2) is 7.40. The molecule has 0 atom stereocenters. The third-order valence-electron chi connectivity index (χ3n) is 4.55. The lowest BCUT2D eigenvalue weighted by atomic mass is 9.87. The number of ether oxygens (including phenoxy) is 2. The standard InChI is InChI=1S/C20H26N2O3/c1-20(2,3)15-4-6-16(7-5-15)25-13-18-21-17(12-19(23)22-18)14-8-10-24-11-9-14/h4-7,12,14H,8-11,13H2,1-3H3,(H,21,22,23). The van der Waals surface area contributed by atoms with Crippen molar-refractivity contribution in [3.8, 4) is 5.75 Å². The number of aromatic amines is 1. The van der Waals surface area contributed by atoms with Crippen LogP contribution >= 0.6 is 0 Å². The molecule has 0 radical (unpaired) electrons. The van der Waals surface area contributed by atoms with E-state index in [0.717, 1.165) is 37.5 Å². The Morgan fingerprint density at radius 2 is 1.88 bits per heavy atom. The zero-order valence-corrected chi connectivity index (χ0v) is 15.2. The summed E-state index contributed by atoms with van der Waals surface area (Å²) >= 11 is 0. The monoisotopic (exact) mass is 342 g/mol. The molecule has 0 bridgehead atoms. The van der Waals surface area contributed by atoms with Crippen molar-refractivity contribution in [3.05, 3.63) is 57.8 Å². The lowest BCUT2D eigenvalue weighted by molar-refractivity contribution is 0.0843. The Morgan fingerprint density at radius 3 is 2.52 bits per heavy atom. The molecule has 0 unspecified atom stereocenters. The summed E-state index contributed by atoms with van der Waals surface area (Å²) in [4.78, 5) is 19.3. The Labute approximate surface area is 148 Å². The SMILES string of the molecule is CC(C)(C)c1ccc(OCc2nc(C3CCOCC3)cc(=O)[nH]2)cc1. The van der Waals surface area contributed by atoms with E-state index in [9.17, 15) is 4.79 Å². The van der Waals surface area contributed by atoms with E-state index in [-0.39, 0.29) is 17.6 Å². The van der Waals surface area contributed by atoms with Crippen LogP contribution in [-0.4, -0.2) is 23.2 Å². The van der Waals surface area contributed by atoms with Gasteiger partial charge in [0.15, 0.2) is 0 Å². The summed E-state index contributed by atoms with van der Waals surface area (Å²) in [7, 11) is 0. The lowest BCUT2D eigenvalue weighted by Gasteiger charge is -2.21. The second-order valence-corrected chi connectivity index (χ2v) is 7.57. The van der Waals surface area contributed by atoms with Gasteiger partial charge in [0.1, 0.15) is 18.2 Å². The highest BCUT2D eigenvalue weighted by molar-refractivity contribution is 5.31. The minimum Gasteiger partial charge on any atom is -0.486 e. The fraction of sp³-hybridized carbons (Fsp3) is 0.500. The molecule has 1 aromatic heterocycles. The third kappa shape index (κ3) is 4.69. The molecule has 1 aliphatic rings. The van der Waals surface area contributed by atoms with Gasteiger partial charge in [0.2, 0.25) is 0 Å². The van der Waals surface area contributed by atoms with E-state index in [4.69, 9.17) is 9.47 Å². The van der Waals surface area contributed by atoms with Crippen molar-refractivity contribution < 1.29 is 9.47 Å². The van der Waals surface area contributed by atoms with Crippen LogP contribution in [0.2, 0.25) is 0 Å². The molecule has 5 nitrogen and oxygen atoms in total. The highest BCUT2D eigenvalue weighted by atomic mass is 16.5. The number of hydrogen-bond acceptors (Lipinski definition) is 4. The molecule has 2 aromatic rings. The van der Waals surface area contributed by atoms with Crippen molar-refractivity contribution in [2.24, 2.45) is 0 Å². The van der Waals surface area contributed by atoms with E-state index in [1.165, 1.54) is 5.56 Å². The smallest absolute Gasteiger partial charge is 0.251 e. The summed E-state index contributed by atoms with van der Waals surface area (Å²) in [6.07, 6.45) is 1.82. The molecule has 0 spiro atoms. The number of aromatic nitrogens is 2. The van der Waals surface area contributed by atoms with Gasteiger partial charge in [-0.15, -0.1) is 0 Å². The molecular weight excluding hydrogens is 316 g/mol. The van der Waals surface area contributed by atoms with Crippen LogP contribution in [0.1, 0.15) is 56.6 Å². The van der Waals surface area contributed by atoms with E-state index in [2.05, 4.69) is 42.9 Å². The van der Waals surface area contributed by atoms with Crippen LogP contribution in [0.15, 0.2) is 35.1 Å².